The lowest BCUT2D eigenvalue weighted by molar-refractivity contribution is -0.143. The number of hydrogen-bond acceptors (Lipinski definition) is 5. The number of ether oxygens (including phenoxy) is 1. The molecule has 6 nitrogen and oxygen atoms in total. The Bertz CT molecular complexity index is 1090. The van der Waals surface area contributed by atoms with E-state index >= 15 is 0 Å². The second kappa shape index (κ2) is 7.56. The lowest BCUT2D eigenvalue weighted by Gasteiger charge is -2.22. The Morgan fingerprint density at radius 2 is 1.89 bits per heavy atom. The molecule has 0 fully saturated rings. The van der Waals surface area contributed by atoms with Crippen LogP contribution in [0.25, 0.3) is 21.9 Å². The quantitative estimate of drug-likeness (QED) is 0.496. The van der Waals surface area contributed by atoms with Crippen molar-refractivity contribution in [2.45, 2.75) is 26.8 Å². The third-order valence-electron chi connectivity index (χ3n) is 4.45. The van der Waals surface area contributed by atoms with Crippen LogP contribution < -0.4 is 10.3 Å². The third kappa shape index (κ3) is 3.37. The molecule has 7 heteroatoms. The number of anilines is 1. The number of halogens is 1. The molecule has 0 unspecified atom stereocenters. The Balaban J connectivity index is 2.51. The van der Waals surface area contributed by atoms with Crippen molar-refractivity contribution in [1.29, 1.82) is 0 Å². The van der Waals surface area contributed by atoms with Crippen LogP contribution in [0.2, 0.25) is 5.02 Å². The molecule has 2 heterocycles. The first-order chi connectivity index (χ1) is 12.9. The fraction of sp³-hybridized carbons (Fsp3) is 0.350. The Morgan fingerprint density at radius 3 is 2.52 bits per heavy atom. The minimum atomic E-state index is -0.392. The third-order valence-corrected chi connectivity index (χ3v) is 4.76. The smallest absolute Gasteiger partial charge is 0.326 e. The van der Waals surface area contributed by atoms with Gasteiger partial charge in [0.15, 0.2) is 5.43 Å². The zero-order valence-electron chi connectivity index (χ0n) is 15.9. The summed E-state index contributed by atoms with van der Waals surface area (Å²) in [6, 6.07) is 7.01. The van der Waals surface area contributed by atoms with Gasteiger partial charge in [-0.05, 0) is 37.6 Å². The Kier molecular flexibility index (Phi) is 5.37. The van der Waals surface area contributed by atoms with Gasteiger partial charge in [-0.15, -0.1) is 0 Å². The zero-order chi connectivity index (χ0) is 19.7. The van der Waals surface area contributed by atoms with Gasteiger partial charge < -0.3 is 14.2 Å². The lowest BCUT2D eigenvalue weighted by Crippen LogP contribution is -2.21. The van der Waals surface area contributed by atoms with Gasteiger partial charge in [0.1, 0.15) is 12.2 Å². The molecule has 2 aromatic heterocycles. The summed E-state index contributed by atoms with van der Waals surface area (Å²) in [6.45, 7) is 3.98. The van der Waals surface area contributed by atoms with Gasteiger partial charge in [-0.2, -0.15) is 0 Å². The topological polar surface area (TPSA) is 64.4 Å². The van der Waals surface area contributed by atoms with Crippen molar-refractivity contribution < 1.29 is 9.53 Å². The number of aryl methyl sites for hydroxylation is 1. The molecule has 0 radical (unpaired) electrons. The molecule has 3 aromatic rings. The van der Waals surface area contributed by atoms with E-state index < -0.39 is 5.97 Å². The zero-order valence-corrected chi connectivity index (χ0v) is 16.6. The average molecular weight is 388 g/mol. The highest BCUT2D eigenvalue weighted by molar-refractivity contribution is 6.35. The van der Waals surface area contributed by atoms with Crippen molar-refractivity contribution in [3.05, 3.63) is 45.2 Å². The van der Waals surface area contributed by atoms with Gasteiger partial charge in [-0.25, -0.2) is 4.98 Å². The second-order valence-corrected chi connectivity index (χ2v) is 6.84. The van der Waals surface area contributed by atoms with E-state index in [0.29, 0.717) is 32.6 Å². The fourth-order valence-electron chi connectivity index (χ4n) is 3.25. The molecule has 0 amide bonds. The number of benzene rings is 1. The second-order valence-electron chi connectivity index (χ2n) is 6.43. The largest absolute Gasteiger partial charge is 0.465 e. The summed E-state index contributed by atoms with van der Waals surface area (Å²) in [4.78, 5) is 31.9. The molecular weight excluding hydrogens is 366 g/mol. The first kappa shape index (κ1) is 19.2. The van der Waals surface area contributed by atoms with Crippen molar-refractivity contribution in [1.82, 2.24) is 9.55 Å². The first-order valence-corrected chi connectivity index (χ1v) is 9.24. The average Bonchev–Trinajstić information content (AvgIpc) is 2.64. The maximum Gasteiger partial charge on any atom is 0.326 e. The van der Waals surface area contributed by atoms with E-state index in [-0.39, 0.29) is 18.6 Å². The number of fused-ring (bicyclic) bond motifs is 2. The van der Waals surface area contributed by atoms with Crippen molar-refractivity contribution in [3.8, 4) is 0 Å². The monoisotopic (exact) mass is 387 g/mol. The number of pyridine rings is 2. The summed E-state index contributed by atoms with van der Waals surface area (Å²) >= 11 is 6.44. The van der Waals surface area contributed by atoms with Crippen LogP contribution in [0.3, 0.4) is 0 Å². The molecule has 0 aliphatic heterocycles. The molecule has 0 saturated heterocycles. The summed E-state index contributed by atoms with van der Waals surface area (Å²) in [7, 11) is 3.69. The van der Waals surface area contributed by atoms with Crippen LogP contribution >= 0.6 is 11.6 Å². The number of nitrogens with zero attached hydrogens (tertiary/aromatic N) is 3. The van der Waals surface area contributed by atoms with Crippen LogP contribution in [0.5, 0.6) is 0 Å². The maximum absolute atomic E-state index is 13.1. The molecule has 3 rings (SSSR count). The van der Waals surface area contributed by atoms with Gasteiger partial charge in [0.25, 0.3) is 0 Å². The van der Waals surface area contributed by atoms with E-state index in [9.17, 15) is 9.59 Å². The molecular formula is C20H22ClN3O3. The van der Waals surface area contributed by atoms with Crippen LogP contribution in [0, 0.1) is 0 Å². The highest BCUT2D eigenvalue weighted by Crippen LogP contribution is 2.33. The highest BCUT2D eigenvalue weighted by atomic mass is 35.5. The van der Waals surface area contributed by atoms with Crippen LogP contribution in [0.1, 0.15) is 19.5 Å². The molecule has 0 atom stereocenters. The van der Waals surface area contributed by atoms with Crippen molar-refractivity contribution >= 4 is 45.2 Å². The Hall–Kier alpha value is -2.60. The first-order valence-electron chi connectivity index (χ1n) is 8.86. The number of carbonyl (C=O) groups is 1. The number of rotatable bonds is 5. The normalized spacial score (nSPS) is 11.1. The van der Waals surface area contributed by atoms with Gasteiger partial charge in [0.2, 0.25) is 0 Å². The number of aromatic nitrogens is 2. The maximum atomic E-state index is 13.1. The fourth-order valence-corrected chi connectivity index (χ4v) is 3.57. The SMILES string of the molecule is CCOC(=O)Cn1c2nc(CC)ccc2c(=O)c2ccc(Cl)c(N(C)C)c21. The lowest BCUT2D eigenvalue weighted by atomic mass is 10.1. The van der Waals surface area contributed by atoms with E-state index in [1.807, 2.05) is 32.0 Å². The molecule has 0 saturated carbocycles. The van der Waals surface area contributed by atoms with E-state index in [0.717, 1.165) is 12.1 Å². The molecule has 0 aliphatic carbocycles. The molecule has 1 aromatic carbocycles. The Labute approximate surface area is 162 Å². The number of carbonyl (C=O) groups excluding carboxylic acids is 1. The molecule has 142 valence electrons. The predicted molar refractivity (Wildman–Crippen MR) is 109 cm³/mol. The van der Waals surface area contributed by atoms with Crippen LogP contribution in [-0.4, -0.2) is 36.2 Å². The molecule has 0 aliphatic rings. The van der Waals surface area contributed by atoms with Gasteiger partial charge in [0, 0.05) is 25.2 Å². The van der Waals surface area contributed by atoms with Gasteiger partial charge in [-0.3, -0.25) is 9.59 Å². The molecule has 27 heavy (non-hydrogen) atoms. The summed E-state index contributed by atoms with van der Waals surface area (Å²) in [6.07, 6.45) is 0.720. The van der Waals surface area contributed by atoms with Crippen LogP contribution in [0.4, 0.5) is 5.69 Å². The van der Waals surface area contributed by atoms with Crippen molar-refractivity contribution in [2.24, 2.45) is 0 Å². The Morgan fingerprint density at radius 1 is 1.19 bits per heavy atom. The highest BCUT2D eigenvalue weighted by Gasteiger charge is 2.20. The number of hydrogen-bond donors (Lipinski definition) is 0. The summed E-state index contributed by atoms with van der Waals surface area (Å²) in [5, 5.41) is 1.46. The standard InChI is InChI=1S/C20H22ClN3O3/c1-5-12-7-8-14-19(26)13-9-10-15(21)18(23(3)4)17(13)24(20(14)22-12)11-16(25)27-6-2/h7-10H,5-6,11H2,1-4H3. The minimum absolute atomic E-state index is 0.0531. The van der Waals surface area contributed by atoms with E-state index in [1.54, 1.807) is 29.7 Å². The van der Waals surface area contributed by atoms with Gasteiger partial charge in [-0.1, -0.05) is 18.5 Å². The summed E-state index contributed by atoms with van der Waals surface area (Å²) < 4.78 is 6.89. The minimum Gasteiger partial charge on any atom is -0.465 e. The molecule has 0 spiro atoms. The summed E-state index contributed by atoms with van der Waals surface area (Å²) in [5.41, 5.74) is 2.42. The van der Waals surface area contributed by atoms with Gasteiger partial charge in [0.05, 0.1) is 28.2 Å². The van der Waals surface area contributed by atoms with E-state index in [2.05, 4.69) is 4.98 Å². The van der Waals surface area contributed by atoms with Gasteiger partial charge >= 0.3 is 5.97 Å². The van der Waals surface area contributed by atoms with Crippen molar-refractivity contribution in [2.75, 3.05) is 25.6 Å². The number of esters is 1. The molecule has 0 N–H and O–H groups in total. The van der Waals surface area contributed by atoms with Crippen LogP contribution in [0.15, 0.2) is 29.1 Å². The van der Waals surface area contributed by atoms with Crippen molar-refractivity contribution in [3.63, 3.8) is 0 Å². The van der Waals surface area contributed by atoms with Crippen LogP contribution in [-0.2, 0) is 22.5 Å². The summed E-state index contributed by atoms with van der Waals surface area (Å²) in [5.74, 6) is -0.392. The predicted octanol–water partition coefficient (Wildman–Crippen LogP) is 3.39. The van der Waals surface area contributed by atoms with E-state index in [1.165, 1.54) is 0 Å². The van der Waals surface area contributed by atoms with E-state index in [4.69, 9.17) is 16.3 Å². The molecule has 0 bridgehead atoms.